The van der Waals surface area contributed by atoms with Gasteiger partial charge in [0.25, 0.3) is 11.8 Å². The van der Waals surface area contributed by atoms with Crippen molar-refractivity contribution in [3.05, 3.63) is 169 Å². The molecule has 0 fully saturated rings. The number of halogens is 4. The highest BCUT2D eigenvalue weighted by molar-refractivity contribution is 8.00. The van der Waals surface area contributed by atoms with Crippen molar-refractivity contribution >= 4 is 104 Å². The van der Waals surface area contributed by atoms with E-state index in [0.717, 1.165) is 5.56 Å². The first-order valence-electron chi connectivity index (χ1n) is 15.5. The Balaban J connectivity index is 1.23. The van der Waals surface area contributed by atoms with E-state index in [2.05, 4.69) is 20.9 Å². The second kappa shape index (κ2) is 17.3. The van der Waals surface area contributed by atoms with Gasteiger partial charge in [-0.2, -0.15) is 0 Å². The van der Waals surface area contributed by atoms with E-state index in [0.29, 0.717) is 58.2 Å². The Morgan fingerprint density at radius 1 is 0.731 bits per heavy atom. The van der Waals surface area contributed by atoms with Gasteiger partial charge in [0.1, 0.15) is 10.9 Å². The van der Waals surface area contributed by atoms with Crippen LogP contribution in [0.5, 0.6) is 0 Å². The minimum atomic E-state index is -0.679. The molecule has 0 saturated carbocycles. The lowest BCUT2D eigenvalue weighted by Gasteiger charge is -2.17. The molecule has 260 valence electrons. The van der Waals surface area contributed by atoms with Crippen molar-refractivity contribution < 1.29 is 14.4 Å². The summed E-state index contributed by atoms with van der Waals surface area (Å²) in [6.07, 6.45) is 1.43. The highest BCUT2D eigenvalue weighted by atomic mass is 35.5. The van der Waals surface area contributed by atoms with Crippen LogP contribution in [0.4, 0.5) is 10.8 Å². The van der Waals surface area contributed by atoms with Crippen molar-refractivity contribution in [1.82, 2.24) is 10.3 Å². The molecule has 0 radical (unpaired) electrons. The molecule has 52 heavy (non-hydrogen) atoms. The highest BCUT2D eigenvalue weighted by Gasteiger charge is 2.24. The average molecular weight is 805 g/mol. The SMILES string of the molecule is O=C(Nc1cccc(SC(C(=O)Nc2nc(-c3ccc(Cl)cc3Cl)cs2)c2ccccc2)c1)/C(=C\c1c(Cl)cccc1Cl)NC(=O)c1ccccc1. The van der Waals surface area contributed by atoms with Crippen LogP contribution in [0.1, 0.15) is 26.7 Å². The van der Waals surface area contributed by atoms with Crippen LogP contribution in [-0.2, 0) is 9.59 Å². The zero-order valence-electron chi connectivity index (χ0n) is 26.8. The number of thiazole rings is 1. The van der Waals surface area contributed by atoms with Crippen LogP contribution in [-0.4, -0.2) is 22.7 Å². The quantitative estimate of drug-likeness (QED) is 0.0894. The van der Waals surface area contributed by atoms with Crippen molar-refractivity contribution in [2.75, 3.05) is 10.6 Å². The summed E-state index contributed by atoms with van der Waals surface area (Å²) in [6.45, 7) is 0. The molecule has 0 saturated heterocycles. The molecular formula is C39H26Cl4N4O3S2. The summed E-state index contributed by atoms with van der Waals surface area (Å²) in [4.78, 5) is 46.0. The third-order valence-electron chi connectivity index (χ3n) is 7.44. The number of nitrogens with zero attached hydrogens (tertiary/aromatic N) is 1. The fraction of sp³-hybridized carbons (Fsp3) is 0.0256. The molecule has 6 aromatic rings. The van der Waals surface area contributed by atoms with Crippen molar-refractivity contribution in [2.45, 2.75) is 10.1 Å². The summed E-state index contributed by atoms with van der Waals surface area (Å²) in [7, 11) is 0. The summed E-state index contributed by atoms with van der Waals surface area (Å²) in [5, 5.41) is 11.6. The maximum absolute atomic E-state index is 13.8. The van der Waals surface area contributed by atoms with Gasteiger partial charge in [0.05, 0.1) is 10.7 Å². The zero-order valence-corrected chi connectivity index (χ0v) is 31.4. The van der Waals surface area contributed by atoms with Gasteiger partial charge in [-0.25, -0.2) is 4.98 Å². The number of hydrogen-bond acceptors (Lipinski definition) is 6. The Hall–Kier alpha value is -4.61. The van der Waals surface area contributed by atoms with E-state index in [4.69, 9.17) is 46.4 Å². The molecule has 0 aliphatic carbocycles. The first-order valence-corrected chi connectivity index (χ1v) is 18.8. The summed E-state index contributed by atoms with van der Waals surface area (Å²) in [5.74, 6) is -1.39. The van der Waals surface area contributed by atoms with Crippen LogP contribution in [0.2, 0.25) is 20.1 Å². The molecule has 1 unspecified atom stereocenters. The van der Waals surface area contributed by atoms with E-state index in [1.165, 1.54) is 29.2 Å². The zero-order chi connectivity index (χ0) is 36.6. The lowest BCUT2D eigenvalue weighted by atomic mass is 10.1. The van der Waals surface area contributed by atoms with Crippen molar-refractivity contribution in [1.29, 1.82) is 0 Å². The van der Waals surface area contributed by atoms with Crippen LogP contribution in [0.25, 0.3) is 17.3 Å². The molecule has 0 aliphatic rings. The molecule has 1 aromatic heterocycles. The minimum Gasteiger partial charge on any atom is -0.321 e. The number of anilines is 2. The van der Waals surface area contributed by atoms with Crippen molar-refractivity contribution in [2.24, 2.45) is 0 Å². The number of hydrogen-bond donors (Lipinski definition) is 3. The van der Waals surface area contributed by atoms with Gasteiger partial charge in [0, 0.05) is 47.7 Å². The number of benzene rings is 5. The van der Waals surface area contributed by atoms with Gasteiger partial charge in [-0.05, 0) is 72.3 Å². The molecule has 3 amide bonds. The van der Waals surface area contributed by atoms with Gasteiger partial charge in [-0.1, -0.05) is 107 Å². The van der Waals surface area contributed by atoms with E-state index in [-0.39, 0.29) is 11.6 Å². The number of thioether (sulfide) groups is 1. The van der Waals surface area contributed by atoms with Gasteiger partial charge < -0.3 is 16.0 Å². The molecule has 6 rings (SSSR count). The van der Waals surface area contributed by atoms with E-state index < -0.39 is 17.1 Å². The molecule has 3 N–H and O–H groups in total. The topological polar surface area (TPSA) is 100 Å². The standard InChI is InChI=1S/C39H26Cl4N4O3S2/c40-25-17-18-28(32(43)19-25)34-22-51-39(46-34)47-38(50)35(23-9-3-1-4-10-23)52-27-14-7-13-26(20-27)44-37(49)33(21-29-30(41)15-8-16-31(29)42)45-36(48)24-11-5-2-6-12-24/h1-22,35H,(H,44,49)(H,45,48)(H,46,47,50)/b33-21+. The lowest BCUT2D eigenvalue weighted by Crippen LogP contribution is -2.30. The van der Waals surface area contributed by atoms with Crippen LogP contribution < -0.4 is 16.0 Å². The third kappa shape index (κ3) is 9.43. The number of carbonyl (C=O) groups is 3. The van der Waals surface area contributed by atoms with Crippen molar-refractivity contribution in [3.63, 3.8) is 0 Å². The summed E-state index contributed by atoms with van der Waals surface area (Å²) < 4.78 is 0. The second-order valence-electron chi connectivity index (χ2n) is 11.1. The first kappa shape index (κ1) is 37.2. The van der Waals surface area contributed by atoms with E-state index in [9.17, 15) is 14.4 Å². The first-order chi connectivity index (χ1) is 25.1. The second-order valence-corrected chi connectivity index (χ2v) is 14.7. The maximum atomic E-state index is 13.8. The van der Waals surface area contributed by atoms with Crippen molar-refractivity contribution in [3.8, 4) is 11.3 Å². The Bertz CT molecular complexity index is 2260. The van der Waals surface area contributed by atoms with Crippen LogP contribution in [0, 0.1) is 0 Å². The van der Waals surface area contributed by atoms with Gasteiger partial charge >= 0.3 is 0 Å². The van der Waals surface area contributed by atoms with Gasteiger partial charge in [-0.15, -0.1) is 23.1 Å². The van der Waals surface area contributed by atoms with Crippen LogP contribution in [0.3, 0.4) is 0 Å². The summed E-state index contributed by atoms with van der Waals surface area (Å²) in [6, 6.07) is 35.0. The Morgan fingerprint density at radius 2 is 1.42 bits per heavy atom. The fourth-order valence-corrected chi connectivity index (χ4v) is 7.75. The molecule has 1 atom stereocenters. The van der Waals surface area contributed by atoms with E-state index >= 15 is 0 Å². The van der Waals surface area contributed by atoms with E-state index in [1.807, 2.05) is 41.8 Å². The normalized spacial score (nSPS) is 11.8. The lowest BCUT2D eigenvalue weighted by molar-refractivity contribution is -0.116. The predicted octanol–water partition coefficient (Wildman–Crippen LogP) is 11.3. The number of amides is 3. The summed E-state index contributed by atoms with van der Waals surface area (Å²) >= 11 is 27.8. The van der Waals surface area contributed by atoms with Gasteiger partial charge in [0.15, 0.2) is 5.13 Å². The fourth-order valence-electron chi connectivity index (χ4n) is 4.94. The molecular weight excluding hydrogens is 778 g/mol. The molecule has 5 aromatic carbocycles. The molecule has 0 aliphatic heterocycles. The molecule has 1 heterocycles. The molecule has 13 heteroatoms. The molecule has 0 bridgehead atoms. The smallest absolute Gasteiger partial charge is 0.272 e. The predicted molar refractivity (Wildman–Crippen MR) is 215 cm³/mol. The largest absolute Gasteiger partial charge is 0.321 e. The molecule has 0 spiro atoms. The van der Waals surface area contributed by atoms with E-state index in [1.54, 1.807) is 84.9 Å². The summed E-state index contributed by atoms with van der Waals surface area (Å²) in [5.41, 5.74) is 3.15. The number of carbonyl (C=O) groups excluding carboxylic acids is 3. The highest BCUT2D eigenvalue weighted by Crippen LogP contribution is 2.38. The Kier molecular flexibility index (Phi) is 12.3. The average Bonchev–Trinajstić information content (AvgIpc) is 3.60. The maximum Gasteiger partial charge on any atom is 0.272 e. The van der Waals surface area contributed by atoms with Crippen LogP contribution in [0.15, 0.2) is 137 Å². The minimum absolute atomic E-state index is 0.0776. The number of rotatable bonds is 11. The Morgan fingerprint density at radius 3 is 2.13 bits per heavy atom. The Labute approximate surface area is 328 Å². The van der Waals surface area contributed by atoms with Crippen LogP contribution >= 0.6 is 69.5 Å². The number of aromatic nitrogens is 1. The number of nitrogens with one attached hydrogen (secondary N) is 3. The van der Waals surface area contributed by atoms with Gasteiger partial charge in [0.2, 0.25) is 5.91 Å². The molecule has 7 nitrogen and oxygen atoms in total. The third-order valence-corrected chi connectivity index (χ3v) is 10.7. The monoisotopic (exact) mass is 802 g/mol. The van der Waals surface area contributed by atoms with Gasteiger partial charge in [-0.3, -0.25) is 14.4 Å².